The zero-order valence-corrected chi connectivity index (χ0v) is 18.8. The summed E-state index contributed by atoms with van der Waals surface area (Å²) >= 11 is 0. The highest BCUT2D eigenvalue weighted by Gasteiger charge is 2.15. The van der Waals surface area contributed by atoms with Gasteiger partial charge in [-0.1, -0.05) is 30.3 Å². The van der Waals surface area contributed by atoms with E-state index in [2.05, 4.69) is 15.3 Å². The third-order valence-corrected chi connectivity index (χ3v) is 5.34. The lowest BCUT2D eigenvalue weighted by molar-refractivity contribution is -0.116. The molecular formula is C25H30N4O2. The number of ether oxygens (including phenoxy) is 1. The molecule has 31 heavy (non-hydrogen) atoms. The molecule has 1 atom stereocenters. The second-order valence-electron chi connectivity index (χ2n) is 7.66. The van der Waals surface area contributed by atoms with E-state index >= 15 is 0 Å². The summed E-state index contributed by atoms with van der Waals surface area (Å²) < 4.78 is 7.13. The maximum atomic E-state index is 12.5. The number of rotatable bonds is 8. The molecule has 1 N–H and O–H groups in total. The monoisotopic (exact) mass is 418 g/mol. The van der Waals surface area contributed by atoms with E-state index < -0.39 is 0 Å². The first-order valence-corrected chi connectivity index (χ1v) is 10.3. The van der Waals surface area contributed by atoms with Crippen LogP contribution in [-0.4, -0.2) is 48.3 Å². The molecule has 1 amide bonds. The summed E-state index contributed by atoms with van der Waals surface area (Å²) in [6.45, 7) is 4.47. The molecule has 162 valence electrons. The number of para-hydroxylation sites is 1. The number of methoxy groups -OCH3 is 1. The fourth-order valence-electron chi connectivity index (χ4n) is 3.56. The van der Waals surface area contributed by atoms with Crippen LogP contribution < -0.4 is 10.1 Å². The van der Waals surface area contributed by atoms with Crippen LogP contribution in [0.2, 0.25) is 0 Å². The Kier molecular flexibility index (Phi) is 7.26. The van der Waals surface area contributed by atoms with E-state index in [4.69, 9.17) is 4.74 Å². The van der Waals surface area contributed by atoms with Crippen molar-refractivity contribution in [3.63, 3.8) is 0 Å². The minimum absolute atomic E-state index is 0.0626. The maximum Gasteiger partial charge on any atom is 0.244 e. The molecule has 6 nitrogen and oxygen atoms in total. The molecular weight excluding hydrogens is 388 g/mol. The zero-order valence-electron chi connectivity index (χ0n) is 18.8. The first-order chi connectivity index (χ1) is 14.9. The van der Waals surface area contributed by atoms with Crippen LogP contribution in [0.15, 0.2) is 60.7 Å². The first kappa shape index (κ1) is 22.3. The topological polar surface area (TPSA) is 59.4 Å². The van der Waals surface area contributed by atoms with Crippen LogP contribution in [0.1, 0.15) is 28.6 Å². The average Bonchev–Trinajstić information content (AvgIpc) is 3.06. The van der Waals surface area contributed by atoms with Crippen molar-refractivity contribution in [1.29, 1.82) is 0 Å². The molecule has 1 unspecified atom stereocenters. The van der Waals surface area contributed by atoms with E-state index in [-0.39, 0.29) is 11.9 Å². The Morgan fingerprint density at radius 3 is 2.42 bits per heavy atom. The van der Waals surface area contributed by atoms with Gasteiger partial charge in [0.2, 0.25) is 5.91 Å². The molecule has 2 aromatic carbocycles. The molecule has 0 saturated heterocycles. The number of nitrogens with zero attached hydrogens (tertiary/aromatic N) is 3. The van der Waals surface area contributed by atoms with E-state index in [9.17, 15) is 4.79 Å². The van der Waals surface area contributed by atoms with Gasteiger partial charge in [-0.15, -0.1) is 0 Å². The molecule has 1 heterocycles. The van der Waals surface area contributed by atoms with Gasteiger partial charge in [-0.2, -0.15) is 5.10 Å². The Morgan fingerprint density at radius 1 is 1.13 bits per heavy atom. The van der Waals surface area contributed by atoms with Gasteiger partial charge >= 0.3 is 0 Å². The summed E-state index contributed by atoms with van der Waals surface area (Å²) in [5, 5.41) is 7.64. The summed E-state index contributed by atoms with van der Waals surface area (Å²) in [7, 11) is 5.65. The standard InChI is InChI=1S/C25H30N4O2/c1-18-23(19(2)29(27-18)21-9-7-6-8-10-21)15-16-25(30)26-17-24(28(3)4)20-11-13-22(31-5)14-12-20/h6-16,24H,17H2,1-5H3,(H,26,30)/b16-15+. The number of nitrogens with one attached hydrogen (secondary N) is 1. The number of aryl methyl sites for hydroxylation is 1. The second kappa shape index (κ2) is 10.1. The molecule has 1 aromatic heterocycles. The Labute approximate surface area is 184 Å². The number of aromatic nitrogens is 2. The van der Waals surface area contributed by atoms with Gasteiger partial charge in [-0.05, 0) is 63.8 Å². The van der Waals surface area contributed by atoms with E-state index in [0.29, 0.717) is 6.54 Å². The largest absolute Gasteiger partial charge is 0.497 e. The number of carbonyl (C=O) groups excluding carboxylic acids is 1. The average molecular weight is 419 g/mol. The van der Waals surface area contributed by atoms with Gasteiger partial charge in [0.05, 0.1) is 24.5 Å². The third-order valence-electron chi connectivity index (χ3n) is 5.34. The number of carbonyl (C=O) groups is 1. The summed E-state index contributed by atoms with van der Waals surface area (Å²) in [5.41, 5.74) is 4.96. The van der Waals surface area contributed by atoms with E-state index in [1.807, 2.05) is 93.3 Å². The van der Waals surface area contributed by atoms with Crippen molar-refractivity contribution in [2.45, 2.75) is 19.9 Å². The van der Waals surface area contributed by atoms with Crippen LogP contribution in [0, 0.1) is 13.8 Å². The van der Waals surface area contributed by atoms with Crippen LogP contribution in [0.5, 0.6) is 5.75 Å². The van der Waals surface area contributed by atoms with Crippen molar-refractivity contribution in [1.82, 2.24) is 20.0 Å². The molecule has 0 aliphatic carbocycles. The molecule has 0 aliphatic heterocycles. The van der Waals surface area contributed by atoms with E-state index in [1.165, 1.54) is 0 Å². The van der Waals surface area contributed by atoms with Crippen molar-refractivity contribution < 1.29 is 9.53 Å². The van der Waals surface area contributed by atoms with E-state index in [0.717, 1.165) is 34.0 Å². The highest BCUT2D eigenvalue weighted by atomic mass is 16.5. The molecule has 3 aromatic rings. The van der Waals surface area contributed by atoms with Crippen LogP contribution in [0.4, 0.5) is 0 Å². The number of hydrogen-bond donors (Lipinski definition) is 1. The molecule has 3 rings (SSSR count). The normalized spacial score (nSPS) is 12.3. The van der Waals surface area contributed by atoms with Crippen molar-refractivity contribution >= 4 is 12.0 Å². The van der Waals surface area contributed by atoms with Crippen molar-refractivity contribution in [3.05, 3.63) is 83.2 Å². The fourth-order valence-corrected chi connectivity index (χ4v) is 3.56. The van der Waals surface area contributed by atoms with E-state index in [1.54, 1.807) is 13.2 Å². The lowest BCUT2D eigenvalue weighted by atomic mass is 10.1. The van der Waals surface area contributed by atoms with Crippen LogP contribution in [0.25, 0.3) is 11.8 Å². The lowest BCUT2D eigenvalue weighted by Gasteiger charge is -2.25. The van der Waals surface area contributed by atoms with Crippen LogP contribution in [0.3, 0.4) is 0 Å². The van der Waals surface area contributed by atoms with Gasteiger partial charge in [0, 0.05) is 23.9 Å². The summed E-state index contributed by atoms with van der Waals surface area (Å²) in [4.78, 5) is 14.6. The number of hydrogen-bond acceptors (Lipinski definition) is 4. The predicted octanol–water partition coefficient (Wildman–Crippen LogP) is 3.93. The van der Waals surface area contributed by atoms with Gasteiger partial charge in [0.1, 0.15) is 5.75 Å². The number of amides is 1. The van der Waals surface area contributed by atoms with Crippen molar-refractivity contribution in [2.24, 2.45) is 0 Å². The first-order valence-electron chi connectivity index (χ1n) is 10.3. The Hall–Kier alpha value is -3.38. The molecule has 0 radical (unpaired) electrons. The number of likely N-dealkylation sites (N-methyl/N-ethyl adjacent to an activating group) is 1. The summed E-state index contributed by atoms with van der Waals surface area (Å²) in [6.07, 6.45) is 3.41. The number of benzene rings is 2. The zero-order chi connectivity index (χ0) is 22.4. The third kappa shape index (κ3) is 5.41. The van der Waals surface area contributed by atoms with Gasteiger partial charge in [0.25, 0.3) is 0 Å². The molecule has 0 spiro atoms. The second-order valence-corrected chi connectivity index (χ2v) is 7.66. The molecule has 0 saturated carbocycles. The quantitative estimate of drug-likeness (QED) is 0.563. The smallest absolute Gasteiger partial charge is 0.244 e. The molecule has 0 aliphatic rings. The predicted molar refractivity (Wildman–Crippen MR) is 125 cm³/mol. The SMILES string of the molecule is COc1ccc(C(CNC(=O)/C=C/c2c(C)nn(-c3ccccc3)c2C)N(C)C)cc1. The van der Waals surface area contributed by atoms with Gasteiger partial charge in [0.15, 0.2) is 0 Å². The van der Waals surface area contributed by atoms with Crippen LogP contribution >= 0.6 is 0 Å². The Balaban J connectivity index is 1.68. The highest BCUT2D eigenvalue weighted by molar-refractivity contribution is 5.92. The molecule has 0 bridgehead atoms. The van der Waals surface area contributed by atoms with Gasteiger partial charge < -0.3 is 15.0 Å². The van der Waals surface area contributed by atoms with Gasteiger partial charge in [-0.3, -0.25) is 4.79 Å². The fraction of sp³-hybridized carbons (Fsp3) is 0.280. The minimum atomic E-state index is -0.133. The molecule has 6 heteroatoms. The Bertz CT molecular complexity index is 1040. The maximum absolute atomic E-state index is 12.5. The minimum Gasteiger partial charge on any atom is -0.497 e. The van der Waals surface area contributed by atoms with Crippen LogP contribution in [-0.2, 0) is 4.79 Å². The highest BCUT2D eigenvalue weighted by Crippen LogP contribution is 2.21. The summed E-state index contributed by atoms with van der Waals surface area (Å²) in [6, 6.07) is 18.0. The van der Waals surface area contributed by atoms with Crippen molar-refractivity contribution in [2.75, 3.05) is 27.7 Å². The van der Waals surface area contributed by atoms with Gasteiger partial charge in [-0.25, -0.2) is 4.68 Å². The van der Waals surface area contributed by atoms with Crippen molar-refractivity contribution in [3.8, 4) is 11.4 Å². The summed E-state index contributed by atoms with van der Waals surface area (Å²) in [5.74, 6) is 0.682. The lowest BCUT2D eigenvalue weighted by Crippen LogP contribution is -2.33. The Morgan fingerprint density at radius 2 is 1.81 bits per heavy atom. The molecule has 0 fully saturated rings.